The number of allylic oxidation sites excluding steroid dienone is 3. The number of hydrogen-bond donors (Lipinski definition) is 0. The van der Waals surface area contributed by atoms with Crippen LogP contribution in [0.2, 0.25) is 0 Å². The molecule has 6 aliphatic rings. The molecule has 6 saturated heterocycles. The number of ether oxygens (including phenoxy) is 3. The minimum absolute atomic E-state index is 0.0494. The summed E-state index contributed by atoms with van der Waals surface area (Å²) in [5, 5.41) is 3.68. The lowest BCUT2D eigenvalue weighted by atomic mass is 10.3. The molecule has 0 saturated carbocycles. The lowest BCUT2D eigenvalue weighted by Crippen LogP contribution is -2.49. The largest absolute Gasteiger partial charge is 0.449 e. The molecule has 0 radical (unpaired) electrons. The van der Waals surface area contributed by atoms with Gasteiger partial charge < -0.3 is 43.6 Å². The van der Waals surface area contributed by atoms with Crippen LogP contribution in [0.3, 0.4) is 0 Å². The van der Waals surface area contributed by atoms with Crippen LogP contribution in [0.25, 0.3) is 0 Å². The van der Waals surface area contributed by atoms with Crippen LogP contribution in [-0.4, -0.2) is 248 Å². The zero-order chi connectivity index (χ0) is 65.1. The SMILES string of the molecule is C=C(C)C(=O)N1CCOCC1.C=CC(=O)N1CC1.C=CC(=O)N1CCN(C(=O)C=C)CC1.C=CC(=O)N1CCN(C)CC1.C=CC(=O)n1cccc1.C=CC(=O)n1cccn1.C=CC(=O)n1ccnc1.C=CN1CCCOC1=O.C=CN1CCOC1=O. The number of rotatable bonds is 10. The van der Waals surface area contributed by atoms with Gasteiger partial charge >= 0.3 is 12.2 Å². The van der Waals surface area contributed by atoms with E-state index in [1.165, 1.54) is 84.9 Å². The van der Waals surface area contributed by atoms with Crippen molar-refractivity contribution in [3.05, 3.63) is 188 Å². The Morgan fingerprint density at radius 3 is 1.20 bits per heavy atom. The summed E-state index contributed by atoms with van der Waals surface area (Å²) in [6.45, 7) is 48.7. The number of cyclic esters (lactones) is 2. The predicted molar refractivity (Wildman–Crippen MR) is 329 cm³/mol. The topological polar surface area (TPSA) is 265 Å². The quantitative estimate of drug-likeness (QED) is 0.197. The van der Waals surface area contributed by atoms with Crippen molar-refractivity contribution in [3.63, 3.8) is 0 Å². The first-order chi connectivity index (χ1) is 41.7. The summed E-state index contributed by atoms with van der Waals surface area (Å²) in [5.74, 6) is -0.453. The molecule has 0 aliphatic carbocycles. The molecule has 9 rings (SSSR count). The third kappa shape index (κ3) is 30.3. The smallest absolute Gasteiger partial charge is 0.413 e. The second-order valence-electron chi connectivity index (χ2n) is 18.1. The molecule has 0 N–H and O–H groups in total. The van der Waals surface area contributed by atoms with E-state index >= 15 is 0 Å². The number of nitrogens with zero attached hydrogens (tertiary/aromatic N) is 13. The fourth-order valence-corrected chi connectivity index (χ4v) is 6.88. The number of likely N-dealkylation sites (N-methyl/N-ethyl adjacent to an activating group) is 1. The normalized spacial score (nSPS) is 15.2. The highest BCUT2D eigenvalue weighted by Gasteiger charge is 2.23. The molecule has 0 aromatic carbocycles. The molecule has 0 atom stereocenters. The van der Waals surface area contributed by atoms with Crippen LogP contribution in [0.15, 0.2) is 188 Å². The van der Waals surface area contributed by atoms with Crippen molar-refractivity contribution < 1.29 is 62.2 Å². The van der Waals surface area contributed by atoms with Crippen molar-refractivity contribution in [2.24, 2.45) is 0 Å². The van der Waals surface area contributed by atoms with E-state index in [-0.39, 0.29) is 59.4 Å². The summed E-state index contributed by atoms with van der Waals surface area (Å²) in [5.41, 5.74) is 0.604. The molecule has 9 heterocycles. The summed E-state index contributed by atoms with van der Waals surface area (Å²) < 4.78 is 18.4. The standard InChI is InChI=1S/C10H14N2O2.C8H14N2O.C8H13NO2.C7H7NO.2C6H6N2O.C6H9NO2.C5H7NO2.C5H7NO/c1-3-9(13)11-5-7-12(8-6-11)10(14)4-2;1-3-8(11)10-6-4-9(2)5-7-10;1-7(2)8(10)9-3-5-11-6-4-9;1-2-7(9)8-5-3-4-6-8;1-2-6(9)8-4-3-7-5-8;1-2-6(9)8-5-3-4-7-8;1-2-7-4-3-5-9-6(7)8;1-2-6-3-4-8-5(6)7;1-2-5(7)6-3-4-6/h3-4H,1-2,5-8H2;3H,1,4-7H2,2H3;1,3-6H2,2H3;2-6H,1H2;2*2-5H,1H2;2H,1,3-5H2;2H,1,3-4H2;2H,1,3-4H2. The average molecular weight is 1210 g/mol. The van der Waals surface area contributed by atoms with Crippen LogP contribution < -0.4 is 0 Å². The van der Waals surface area contributed by atoms with Gasteiger partial charge in [-0.1, -0.05) is 65.8 Å². The molecule has 0 unspecified atom stereocenters. The Balaban J connectivity index is 0.000000492. The van der Waals surface area contributed by atoms with E-state index in [4.69, 9.17) is 9.47 Å². The molecule has 3 aromatic rings. The highest BCUT2D eigenvalue weighted by atomic mass is 16.6. The van der Waals surface area contributed by atoms with Gasteiger partial charge in [0.2, 0.25) is 29.5 Å². The van der Waals surface area contributed by atoms with E-state index in [2.05, 4.69) is 92.6 Å². The molecule has 0 bridgehead atoms. The molecule has 0 spiro atoms. The fourth-order valence-electron chi connectivity index (χ4n) is 6.88. The Labute approximate surface area is 509 Å². The fraction of sp³-hybridized carbons (Fsp3) is 0.344. The lowest BCUT2D eigenvalue weighted by molar-refractivity contribution is -0.134. The van der Waals surface area contributed by atoms with E-state index in [1.54, 1.807) is 81.9 Å². The molecule has 26 nitrogen and oxygen atoms in total. The first-order valence-corrected chi connectivity index (χ1v) is 27.3. The first kappa shape index (κ1) is 74.9. The maximum atomic E-state index is 11.3. The summed E-state index contributed by atoms with van der Waals surface area (Å²) in [6.07, 6.45) is 23.4. The van der Waals surface area contributed by atoms with Crippen LogP contribution in [-0.2, 0) is 38.2 Å². The van der Waals surface area contributed by atoms with Crippen LogP contribution in [0.1, 0.15) is 27.7 Å². The number of piperazine rings is 2. The first-order valence-electron chi connectivity index (χ1n) is 27.3. The summed E-state index contributed by atoms with van der Waals surface area (Å²) in [6, 6.07) is 5.27. The van der Waals surface area contributed by atoms with Gasteiger partial charge in [-0.2, -0.15) is 5.10 Å². The Bertz CT molecular complexity index is 2620. The van der Waals surface area contributed by atoms with Gasteiger partial charge in [-0.15, -0.1) is 0 Å². The molecule has 87 heavy (non-hydrogen) atoms. The number of aromatic nitrogens is 5. The number of morpholine rings is 1. The zero-order valence-corrected chi connectivity index (χ0v) is 50.1. The Morgan fingerprint density at radius 1 is 0.448 bits per heavy atom. The van der Waals surface area contributed by atoms with Gasteiger partial charge in [0.25, 0.3) is 17.7 Å². The highest BCUT2D eigenvalue weighted by molar-refractivity contribution is 5.92. The van der Waals surface area contributed by atoms with Crippen molar-refractivity contribution in [3.8, 4) is 0 Å². The molecule has 6 fully saturated rings. The van der Waals surface area contributed by atoms with Crippen molar-refractivity contribution in [2.45, 2.75) is 13.3 Å². The molecule has 470 valence electrons. The third-order valence-electron chi connectivity index (χ3n) is 11.9. The van der Waals surface area contributed by atoms with Gasteiger partial charge in [-0.3, -0.25) is 57.3 Å². The highest BCUT2D eigenvalue weighted by Crippen LogP contribution is 2.06. The second kappa shape index (κ2) is 43.5. The summed E-state index contributed by atoms with van der Waals surface area (Å²) in [7, 11) is 2.07. The average Bonchev–Trinajstić information content (AvgIpc) is 4.25. The van der Waals surface area contributed by atoms with E-state index in [9.17, 15) is 47.9 Å². The van der Waals surface area contributed by atoms with Crippen LogP contribution >= 0.6 is 0 Å². The van der Waals surface area contributed by atoms with Crippen LogP contribution in [0.4, 0.5) is 9.59 Å². The van der Waals surface area contributed by atoms with E-state index in [0.29, 0.717) is 77.8 Å². The molecule has 3 aromatic heterocycles. The van der Waals surface area contributed by atoms with E-state index < -0.39 is 0 Å². The maximum absolute atomic E-state index is 11.3. The minimum atomic E-state index is -0.292. The number of imidazole rings is 1. The minimum Gasteiger partial charge on any atom is -0.449 e. The Kier molecular flexibility index (Phi) is 37.5. The van der Waals surface area contributed by atoms with Gasteiger partial charge in [0.15, 0.2) is 0 Å². The van der Waals surface area contributed by atoms with Crippen molar-refractivity contribution >= 4 is 59.4 Å². The molecule has 7 amide bonds. The molecular weight excluding hydrogens is 1120 g/mol. The monoisotopic (exact) mass is 1210 g/mol. The predicted octanol–water partition coefficient (Wildman–Crippen LogP) is 4.70. The van der Waals surface area contributed by atoms with Crippen LogP contribution in [0.5, 0.6) is 0 Å². The van der Waals surface area contributed by atoms with Gasteiger partial charge in [-0.25, -0.2) is 19.3 Å². The zero-order valence-electron chi connectivity index (χ0n) is 50.1. The molecule has 26 heteroatoms. The Morgan fingerprint density at radius 2 is 0.862 bits per heavy atom. The lowest BCUT2D eigenvalue weighted by Gasteiger charge is -2.33. The third-order valence-corrected chi connectivity index (χ3v) is 11.9. The number of amides is 7. The van der Waals surface area contributed by atoms with Crippen molar-refractivity contribution in [1.82, 2.24) is 63.1 Å². The number of hydrogen-bond acceptors (Lipinski definition) is 16. The Hall–Kier alpha value is -10.1. The summed E-state index contributed by atoms with van der Waals surface area (Å²) in [4.78, 5) is 126. The van der Waals surface area contributed by atoms with Gasteiger partial charge in [0.1, 0.15) is 12.9 Å². The van der Waals surface area contributed by atoms with Crippen molar-refractivity contribution in [1.29, 1.82) is 0 Å². The van der Waals surface area contributed by atoms with Gasteiger partial charge in [-0.05, 0) is 81.1 Å². The van der Waals surface area contributed by atoms with E-state index in [0.717, 1.165) is 52.2 Å². The van der Waals surface area contributed by atoms with E-state index in [1.807, 2.05) is 4.90 Å². The van der Waals surface area contributed by atoms with Gasteiger partial charge in [0.05, 0.1) is 26.4 Å². The second-order valence-corrected chi connectivity index (χ2v) is 18.1. The van der Waals surface area contributed by atoms with Crippen LogP contribution in [0, 0.1) is 0 Å². The molecule has 6 aliphatic heterocycles. The number of carbonyl (C=O) groups excluding carboxylic acids is 10. The number of carbonyl (C=O) groups is 10. The maximum Gasteiger partial charge on any atom is 0.413 e. The van der Waals surface area contributed by atoms with Gasteiger partial charge in [0, 0.05) is 140 Å². The molecular formula is C61H83N13O13. The van der Waals surface area contributed by atoms with Crippen molar-refractivity contribution in [2.75, 3.05) is 125 Å². The summed E-state index contributed by atoms with van der Waals surface area (Å²) >= 11 is 0.